The number of nitrogens with one attached hydrogen (secondary N) is 1. The topological polar surface area (TPSA) is 119 Å². The molecule has 1 aliphatic carbocycles. The number of anilines is 1. The molecular weight excluding hydrogens is 462 g/mol. The quantitative estimate of drug-likeness (QED) is 0.602. The number of carbonyl (C=O) groups is 2. The van der Waals surface area contributed by atoms with Gasteiger partial charge in [-0.25, -0.2) is 8.42 Å². The number of primary amides is 1. The van der Waals surface area contributed by atoms with Crippen molar-refractivity contribution in [3.63, 3.8) is 0 Å². The lowest BCUT2D eigenvalue weighted by atomic mass is 9.97. The van der Waals surface area contributed by atoms with Crippen molar-refractivity contribution in [1.82, 2.24) is 4.31 Å². The molecule has 0 bridgehead atoms. The van der Waals surface area contributed by atoms with Crippen LogP contribution in [0.4, 0.5) is 5.00 Å². The minimum atomic E-state index is -3.63. The number of sulfonamides is 1. The second-order valence-electron chi connectivity index (χ2n) is 8.48. The number of nitrogens with two attached hydrogens (primary N) is 1. The first-order valence-electron chi connectivity index (χ1n) is 11.2. The first-order valence-corrected chi connectivity index (χ1v) is 13.5. The van der Waals surface area contributed by atoms with E-state index >= 15 is 0 Å². The second-order valence-corrected chi connectivity index (χ2v) is 11.5. The second kappa shape index (κ2) is 9.82. The van der Waals surface area contributed by atoms with Gasteiger partial charge in [-0.1, -0.05) is 6.42 Å². The Labute approximate surface area is 198 Å². The highest BCUT2D eigenvalue weighted by Gasteiger charge is 2.33. The normalized spacial score (nSPS) is 17.7. The van der Waals surface area contributed by atoms with Crippen molar-refractivity contribution >= 4 is 38.2 Å². The summed E-state index contributed by atoms with van der Waals surface area (Å²) in [6.45, 7) is 0.520. The monoisotopic (exact) mass is 491 g/mol. The van der Waals surface area contributed by atoms with Crippen LogP contribution in [-0.4, -0.2) is 44.7 Å². The zero-order chi connectivity index (χ0) is 23.6. The molecule has 0 spiro atoms. The van der Waals surface area contributed by atoms with Crippen molar-refractivity contribution in [2.24, 2.45) is 11.7 Å². The fraction of sp³-hybridized carbons (Fsp3) is 0.478. The highest BCUT2D eigenvalue weighted by atomic mass is 32.2. The van der Waals surface area contributed by atoms with Crippen LogP contribution >= 0.6 is 11.3 Å². The summed E-state index contributed by atoms with van der Waals surface area (Å²) in [5.74, 6) is -0.430. The molecule has 10 heteroatoms. The predicted octanol–water partition coefficient (Wildman–Crippen LogP) is 3.16. The van der Waals surface area contributed by atoms with Crippen molar-refractivity contribution in [2.75, 3.05) is 25.5 Å². The number of aryl methyl sites for hydroxylation is 1. The van der Waals surface area contributed by atoms with Gasteiger partial charge in [-0.05, 0) is 68.4 Å². The molecule has 4 rings (SSSR count). The number of nitrogens with zero attached hydrogens (tertiary/aromatic N) is 1. The smallest absolute Gasteiger partial charge is 0.251 e. The first-order chi connectivity index (χ1) is 15.8. The van der Waals surface area contributed by atoms with E-state index in [1.54, 1.807) is 12.1 Å². The molecule has 2 aromatic rings. The highest BCUT2D eigenvalue weighted by Crippen LogP contribution is 2.38. The van der Waals surface area contributed by atoms with Crippen LogP contribution in [0, 0.1) is 5.92 Å². The van der Waals surface area contributed by atoms with Crippen LogP contribution in [0.15, 0.2) is 29.2 Å². The molecule has 0 unspecified atom stereocenters. The van der Waals surface area contributed by atoms with Crippen LogP contribution in [0.25, 0.3) is 0 Å². The molecule has 178 valence electrons. The van der Waals surface area contributed by atoms with Crippen LogP contribution < -0.4 is 15.8 Å². The summed E-state index contributed by atoms with van der Waals surface area (Å²) in [5, 5.41) is 3.47. The van der Waals surface area contributed by atoms with Crippen molar-refractivity contribution < 1.29 is 22.7 Å². The molecule has 1 saturated heterocycles. The Morgan fingerprint density at radius 1 is 1.09 bits per heavy atom. The standard InChI is InChI=1S/C23H29N3O5S2/c1-31-16-7-9-17(10-8-16)33(29,30)26-13-11-15(12-14-26)22(28)25-23-20(21(24)27)18-5-3-2-4-6-19(18)32-23/h7-10,15H,2-6,11-14H2,1H3,(H2,24,27)(H,25,28). The summed E-state index contributed by atoms with van der Waals surface area (Å²) in [7, 11) is -2.11. The largest absolute Gasteiger partial charge is 0.497 e. The van der Waals surface area contributed by atoms with Gasteiger partial charge >= 0.3 is 0 Å². The number of thiophene rings is 1. The van der Waals surface area contributed by atoms with E-state index in [1.165, 1.54) is 34.9 Å². The van der Waals surface area contributed by atoms with E-state index in [1.807, 2.05) is 0 Å². The molecule has 1 aromatic heterocycles. The summed E-state index contributed by atoms with van der Waals surface area (Å²) in [6, 6.07) is 6.29. The Morgan fingerprint density at radius 3 is 2.39 bits per heavy atom. The van der Waals surface area contributed by atoms with Gasteiger partial charge in [0.15, 0.2) is 0 Å². The van der Waals surface area contributed by atoms with Gasteiger partial charge in [-0.2, -0.15) is 4.31 Å². The van der Waals surface area contributed by atoms with E-state index in [0.717, 1.165) is 42.5 Å². The van der Waals surface area contributed by atoms with E-state index in [0.29, 0.717) is 29.2 Å². The average Bonchev–Trinajstić information content (AvgIpc) is 2.99. The number of hydrogen-bond donors (Lipinski definition) is 2. The van der Waals surface area contributed by atoms with Crippen LogP contribution in [0.1, 0.15) is 52.9 Å². The lowest BCUT2D eigenvalue weighted by molar-refractivity contribution is -0.120. The molecule has 3 N–H and O–H groups in total. The first kappa shape index (κ1) is 23.7. The molecule has 1 fully saturated rings. The third kappa shape index (κ3) is 4.92. The van der Waals surface area contributed by atoms with Gasteiger partial charge in [-0.15, -0.1) is 11.3 Å². The fourth-order valence-corrected chi connectivity index (χ4v) is 7.33. The summed E-state index contributed by atoms with van der Waals surface area (Å²) in [4.78, 5) is 26.5. The molecule has 0 atom stereocenters. The Bertz CT molecular complexity index is 1130. The average molecular weight is 492 g/mol. The number of methoxy groups -OCH3 is 1. The molecule has 2 amide bonds. The van der Waals surface area contributed by atoms with Crippen molar-refractivity contribution in [2.45, 2.75) is 49.8 Å². The molecule has 2 heterocycles. The van der Waals surface area contributed by atoms with Crippen LogP contribution in [0.3, 0.4) is 0 Å². The maximum absolute atomic E-state index is 13.0. The number of rotatable bonds is 6. The predicted molar refractivity (Wildman–Crippen MR) is 127 cm³/mol. The van der Waals surface area contributed by atoms with E-state index in [4.69, 9.17) is 10.5 Å². The van der Waals surface area contributed by atoms with Gasteiger partial charge in [0.25, 0.3) is 5.91 Å². The number of fused-ring (bicyclic) bond motifs is 1. The van der Waals surface area contributed by atoms with Crippen LogP contribution in [0.5, 0.6) is 5.75 Å². The van der Waals surface area contributed by atoms with Crippen molar-refractivity contribution in [3.8, 4) is 5.75 Å². The molecular formula is C23H29N3O5S2. The zero-order valence-electron chi connectivity index (χ0n) is 18.6. The van der Waals surface area contributed by atoms with E-state index in [2.05, 4.69) is 5.32 Å². The van der Waals surface area contributed by atoms with Gasteiger partial charge < -0.3 is 15.8 Å². The van der Waals surface area contributed by atoms with Crippen LogP contribution in [0.2, 0.25) is 0 Å². The summed E-state index contributed by atoms with van der Waals surface area (Å²) < 4.78 is 32.4. The van der Waals surface area contributed by atoms with Gasteiger partial charge in [0.2, 0.25) is 15.9 Å². The van der Waals surface area contributed by atoms with Gasteiger partial charge in [0, 0.05) is 23.9 Å². The Balaban J connectivity index is 1.42. The summed E-state index contributed by atoms with van der Waals surface area (Å²) in [6.07, 6.45) is 5.74. The maximum Gasteiger partial charge on any atom is 0.251 e. The minimum absolute atomic E-state index is 0.185. The number of ether oxygens (including phenoxy) is 1. The SMILES string of the molecule is COc1ccc(S(=O)(=O)N2CCC(C(=O)Nc3sc4c(c3C(N)=O)CCCCC4)CC2)cc1. The molecule has 8 nitrogen and oxygen atoms in total. The van der Waals surface area contributed by atoms with E-state index in [-0.39, 0.29) is 29.8 Å². The fourth-order valence-electron chi connectivity index (χ4n) is 4.56. The van der Waals surface area contributed by atoms with Crippen LogP contribution in [-0.2, 0) is 27.7 Å². The van der Waals surface area contributed by atoms with Gasteiger partial charge in [0.1, 0.15) is 10.8 Å². The zero-order valence-corrected chi connectivity index (χ0v) is 20.3. The molecule has 0 radical (unpaired) electrons. The summed E-state index contributed by atoms with van der Waals surface area (Å²) >= 11 is 1.45. The number of hydrogen-bond acceptors (Lipinski definition) is 6. The van der Waals surface area contributed by atoms with Crippen molar-refractivity contribution in [1.29, 1.82) is 0 Å². The van der Waals surface area contributed by atoms with Gasteiger partial charge in [-0.3, -0.25) is 9.59 Å². The number of amides is 2. The molecule has 2 aliphatic rings. The van der Waals surface area contributed by atoms with Crippen molar-refractivity contribution in [3.05, 3.63) is 40.3 Å². The summed E-state index contributed by atoms with van der Waals surface area (Å²) in [5.41, 5.74) is 7.10. The molecule has 33 heavy (non-hydrogen) atoms. The lowest BCUT2D eigenvalue weighted by Gasteiger charge is -2.30. The molecule has 1 aliphatic heterocycles. The Hall–Kier alpha value is -2.43. The maximum atomic E-state index is 13.0. The number of carbonyl (C=O) groups excluding carboxylic acids is 2. The molecule has 0 saturated carbocycles. The highest BCUT2D eigenvalue weighted by molar-refractivity contribution is 7.89. The molecule has 1 aromatic carbocycles. The third-order valence-corrected chi connectivity index (χ3v) is 9.55. The number of benzene rings is 1. The number of piperidine rings is 1. The third-order valence-electron chi connectivity index (χ3n) is 6.43. The van der Waals surface area contributed by atoms with E-state index in [9.17, 15) is 18.0 Å². The van der Waals surface area contributed by atoms with Gasteiger partial charge in [0.05, 0.1) is 17.6 Å². The van der Waals surface area contributed by atoms with E-state index < -0.39 is 15.9 Å². The Morgan fingerprint density at radius 2 is 1.76 bits per heavy atom. The Kier molecular flexibility index (Phi) is 7.06. The minimum Gasteiger partial charge on any atom is -0.497 e. The lowest BCUT2D eigenvalue weighted by Crippen LogP contribution is -2.41.